The molecule has 34 heavy (non-hydrogen) atoms. The Kier molecular flexibility index (Phi) is 5.51. The number of hydroxylamine groups is 1. The molecule has 3 aromatic rings. The molecule has 172 valence electrons. The Morgan fingerprint density at radius 1 is 0.912 bits per heavy atom. The van der Waals surface area contributed by atoms with Crippen molar-refractivity contribution in [3.8, 4) is 5.75 Å². The monoisotopic (exact) mass is 457 g/mol. The fourth-order valence-electron chi connectivity index (χ4n) is 4.42. The van der Waals surface area contributed by atoms with Crippen LogP contribution in [0.3, 0.4) is 0 Å². The first kappa shape index (κ1) is 21.7. The molecule has 5 rings (SSSR count). The van der Waals surface area contributed by atoms with E-state index in [-0.39, 0.29) is 18.4 Å². The number of hydrogen-bond acceptors (Lipinski definition) is 6. The summed E-state index contributed by atoms with van der Waals surface area (Å²) in [6.45, 7) is 1.71. The second-order valence-electron chi connectivity index (χ2n) is 8.33. The third kappa shape index (κ3) is 3.78. The fraction of sp³-hybridized carbons (Fsp3) is 0.192. The zero-order valence-electron chi connectivity index (χ0n) is 18.5. The lowest BCUT2D eigenvalue weighted by Crippen LogP contribution is -2.37. The summed E-state index contributed by atoms with van der Waals surface area (Å²) < 4.78 is 5.36. The third-order valence-corrected chi connectivity index (χ3v) is 6.02. The number of benzene rings is 3. The summed E-state index contributed by atoms with van der Waals surface area (Å²) in [5.41, 5.74) is 8.21. The van der Waals surface area contributed by atoms with Crippen molar-refractivity contribution in [3.63, 3.8) is 0 Å². The number of nitrogens with two attached hydrogens (primary N) is 1. The van der Waals surface area contributed by atoms with Crippen LogP contribution in [-0.4, -0.2) is 30.4 Å². The van der Waals surface area contributed by atoms with Crippen LogP contribution < -0.4 is 20.4 Å². The molecular weight excluding hydrogens is 434 g/mol. The quantitative estimate of drug-likeness (QED) is 0.571. The van der Waals surface area contributed by atoms with Crippen molar-refractivity contribution in [3.05, 3.63) is 90.0 Å². The lowest BCUT2D eigenvalue weighted by Gasteiger charge is -2.28. The molecule has 0 spiro atoms. The van der Waals surface area contributed by atoms with Crippen LogP contribution in [0.15, 0.2) is 78.9 Å². The van der Waals surface area contributed by atoms with Crippen LogP contribution in [0.1, 0.15) is 17.2 Å². The maximum Gasteiger partial charge on any atom is 0.266 e. The van der Waals surface area contributed by atoms with Crippen molar-refractivity contribution < 1.29 is 24.0 Å². The number of aryl methyl sites for hydroxylation is 1. The lowest BCUT2D eigenvalue weighted by molar-refractivity contribution is -0.126. The Labute approximate surface area is 196 Å². The fourth-order valence-corrected chi connectivity index (χ4v) is 4.42. The van der Waals surface area contributed by atoms with Crippen molar-refractivity contribution in [2.24, 2.45) is 11.7 Å². The van der Waals surface area contributed by atoms with E-state index in [1.807, 2.05) is 49.4 Å². The van der Waals surface area contributed by atoms with Crippen molar-refractivity contribution >= 4 is 29.1 Å². The minimum absolute atomic E-state index is 0.231. The van der Waals surface area contributed by atoms with Crippen LogP contribution in [0.4, 0.5) is 11.4 Å². The van der Waals surface area contributed by atoms with Crippen molar-refractivity contribution in [2.45, 2.75) is 19.1 Å². The molecule has 2 saturated heterocycles. The third-order valence-electron chi connectivity index (χ3n) is 6.02. The Morgan fingerprint density at radius 3 is 2.24 bits per heavy atom. The molecule has 0 saturated carbocycles. The highest BCUT2D eigenvalue weighted by Crippen LogP contribution is 2.47. The van der Waals surface area contributed by atoms with E-state index in [4.69, 9.17) is 15.3 Å². The molecule has 0 aliphatic carbocycles. The Hall–Kier alpha value is -4.17. The first-order chi connectivity index (χ1) is 16.4. The summed E-state index contributed by atoms with van der Waals surface area (Å²) in [5, 5.41) is 1.64. The van der Waals surface area contributed by atoms with Gasteiger partial charge in [-0.25, -0.2) is 9.96 Å². The van der Waals surface area contributed by atoms with E-state index in [0.29, 0.717) is 11.4 Å². The number of ether oxygens (including phenoxy) is 1. The number of para-hydroxylation sites is 1. The molecule has 2 fully saturated rings. The van der Waals surface area contributed by atoms with Gasteiger partial charge in [0.1, 0.15) is 11.7 Å². The number of carbonyl (C=O) groups excluding carboxylic acids is 3. The van der Waals surface area contributed by atoms with Gasteiger partial charge < -0.3 is 10.5 Å². The summed E-state index contributed by atoms with van der Waals surface area (Å²) in [7, 11) is 0. The van der Waals surface area contributed by atoms with Crippen molar-refractivity contribution in [2.75, 3.05) is 16.6 Å². The Bertz CT molecular complexity index is 1230. The van der Waals surface area contributed by atoms with E-state index in [2.05, 4.69) is 0 Å². The second-order valence-corrected chi connectivity index (χ2v) is 8.33. The highest BCUT2D eigenvalue weighted by molar-refractivity contribution is 6.23. The molecule has 0 bridgehead atoms. The maximum atomic E-state index is 13.6. The normalized spacial score (nSPS) is 21.6. The number of hydrogen-bond donors (Lipinski definition) is 1. The Balaban J connectivity index is 1.51. The zero-order valence-corrected chi connectivity index (χ0v) is 18.5. The lowest BCUT2D eigenvalue weighted by atomic mass is 9.90. The van der Waals surface area contributed by atoms with Gasteiger partial charge in [0.25, 0.3) is 11.8 Å². The molecule has 3 amide bonds. The van der Waals surface area contributed by atoms with Gasteiger partial charge in [-0.05, 0) is 48.9 Å². The van der Waals surface area contributed by atoms with Crippen LogP contribution in [0.5, 0.6) is 5.75 Å². The van der Waals surface area contributed by atoms with Crippen LogP contribution in [0, 0.1) is 12.8 Å². The predicted octanol–water partition coefficient (Wildman–Crippen LogP) is 2.91. The number of rotatable bonds is 6. The number of primary amides is 1. The molecule has 2 aliphatic heterocycles. The highest BCUT2D eigenvalue weighted by atomic mass is 16.7. The number of anilines is 2. The van der Waals surface area contributed by atoms with Gasteiger partial charge in [-0.3, -0.25) is 19.2 Å². The van der Waals surface area contributed by atoms with Gasteiger partial charge in [-0.15, -0.1) is 0 Å². The molecule has 3 aromatic carbocycles. The molecule has 8 heteroatoms. The van der Waals surface area contributed by atoms with Crippen molar-refractivity contribution in [1.82, 2.24) is 0 Å². The van der Waals surface area contributed by atoms with Crippen LogP contribution in [0.25, 0.3) is 0 Å². The Morgan fingerprint density at radius 2 is 1.59 bits per heavy atom. The van der Waals surface area contributed by atoms with Gasteiger partial charge in [0, 0.05) is 0 Å². The second kappa shape index (κ2) is 8.64. The summed E-state index contributed by atoms with van der Waals surface area (Å²) >= 11 is 0. The van der Waals surface area contributed by atoms with Crippen molar-refractivity contribution in [1.29, 1.82) is 0 Å². The van der Waals surface area contributed by atoms with E-state index < -0.39 is 24.0 Å². The molecule has 2 heterocycles. The van der Waals surface area contributed by atoms with Crippen LogP contribution >= 0.6 is 0 Å². The first-order valence-corrected chi connectivity index (χ1v) is 10.9. The average molecular weight is 457 g/mol. The molecule has 2 N–H and O–H groups in total. The van der Waals surface area contributed by atoms with E-state index in [1.54, 1.807) is 41.5 Å². The topological polar surface area (TPSA) is 102 Å². The number of imide groups is 1. The molecule has 0 radical (unpaired) electrons. The van der Waals surface area contributed by atoms with E-state index in [1.165, 1.54) is 4.90 Å². The summed E-state index contributed by atoms with van der Waals surface area (Å²) in [4.78, 5) is 45.3. The van der Waals surface area contributed by atoms with E-state index >= 15 is 0 Å². The molecule has 2 aliphatic rings. The molecule has 3 unspecified atom stereocenters. The minimum Gasteiger partial charge on any atom is -0.484 e. The number of carbonyl (C=O) groups is 3. The molecular formula is C26H23N3O5. The zero-order chi connectivity index (χ0) is 23.8. The van der Waals surface area contributed by atoms with E-state index in [0.717, 1.165) is 16.8 Å². The van der Waals surface area contributed by atoms with Gasteiger partial charge in [0.2, 0.25) is 5.91 Å². The number of fused-ring (bicyclic) bond motifs is 1. The van der Waals surface area contributed by atoms with E-state index in [9.17, 15) is 14.4 Å². The predicted molar refractivity (Wildman–Crippen MR) is 125 cm³/mol. The summed E-state index contributed by atoms with van der Waals surface area (Å²) in [6.07, 6.45) is -0.940. The number of nitrogens with zero attached hydrogens (tertiary/aromatic N) is 2. The summed E-state index contributed by atoms with van der Waals surface area (Å²) in [6, 6.07) is 23.1. The van der Waals surface area contributed by atoms with Gasteiger partial charge >= 0.3 is 0 Å². The van der Waals surface area contributed by atoms with Crippen LogP contribution in [0.2, 0.25) is 0 Å². The largest absolute Gasteiger partial charge is 0.484 e. The number of amides is 3. The SMILES string of the molecule is Cc1ccc(N2C(=O)C3ON(c4ccccc4)C(c4ccc(OCC(N)=O)cc4)C3C2=O)cc1. The smallest absolute Gasteiger partial charge is 0.266 e. The van der Waals surface area contributed by atoms with Gasteiger partial charge in [0.05, 0.1) is 17.4 Å². The minimum atomic E-state index is -0.940. The average Bonchev–Trinajstić information content (AvgIpc) is 3.35. The highest BCUT2D eigenvalue weighted by Gasteiger charge is 2.60. The first-order valence-electron chi connectivity index (χ1n) is 10.9. The molecule has 3 atom stereocenters. The maximum absolute atomic E-state index is 13.6. The molecule has 0 aromatic heterocycles. The van der Waals surface area contributed by atoms with Crippen LogP contribution in [-0.2, 0) is 19.2 Å². The van der Waals surface area contributed by atoms with Gasteiger partial charge in [0.15, 0.2) is 12.7 Å². The van der Waals surface area contributed by atoms with Gasteiger partial charge in [-0.2, -0.15) is 0 Å². The summed E-state index contributed by atoms with van der Waals surface area (Å²) in [5.74, 6) is -1.52. The van der Waals surface area contributed by atoms with Gasteiger partial charge in [-0.1, -0.05) is 48.0 Å². The molecule has 8 nitrogen and oxygen atoms in total. The standard InChI is InChI=1S/C26H23N3O5/c1-16-7-11-18(12-8-16)28-25(31)22-23(17-9-13-20(14-10-17)33-15-21(27)30)29(34-24(22)26(28)32)19-5-3-2-4-6-19/h2-14,22-24H,15H2,1H3,(H2,27,30).